The second kappa shape index (κ2) is 3.81. The lowest BCUT2D eigenvalue weighted by atomic mass is 9.84. The summed E-state index contributed by atoms with van der Waals surface area (Å²) >= 11 is 0. The molecule has 5 nitrogen and oxygen atoms in total. The summed E-state index contributed by atoms with van der Waals surface area (Å²) in [6.45, 7) is 2.11. The van der Waals surface area contributed by atoms with Gasteiger partial charge in [0.25, 0.3) is 0 Å². The van der Waals surface area contributed by atoms with E-state index in [0.717, 1.165) is 12.8 Å². The van der Waals surface area contributed by atoms with E-state index in [2.05, 4.69) is 12.0 Å². The number of nitrogens with zero attached hydrogens (tertiary/aromatic N) is 3. The number of aliphatic hydroxyl groups is 1. The van der Waals surface area contributed by atoms with E-state index < -0.39 is 0 Å². The van der Waals surface area contributed by atoms with E-state index in [1.807, 2.05) is 0 Å². The molecule has 1 fully saturated rings. The van der Waals surface area contributed by atoms with Crippen molar-refractivity contribution >= 4 is 0 Å². The van der Waals surface area contributed by atoms with Gasteiger partial charge in [0.05, 0.1) is 12.1 Å². The van der Waals surface area contributed by atoms with E-state index in [-0.39, 0.29) is 17.8 Å². The van der Waals surface area contributed by atoms with Crippen molar-refractivity contribution in [2.24, 2.45) is 13.0 Å². The van der Waals surface area contributed by atoms with Gasteiger partial charge in [0.2, 0.25) is 0 Å². The summed E-state index contributed by atoms with van der Waals surface area (Å²) in [5.41, 5.74) is -0.0963. The van der Waals surface area contributed by atoms with Crippen molar-refractivity contribution in [2.75, 3.05) is 0 Å². The quantitative estimate of drug-likeness (QED) is 0.727. The lowest BCUT2D eigenvalue weighted by Crippen LogP contribution is -2.35. The summed E-state index contributed by atoms with van der Waals surface area (Å²) in [4.78, 5) is 11.7. The van der Waals surface area contributed by atoms with Crippen molar-refractivity contribution in [3.8, 4) is 0 Å². The Balaban J connectivity index is 2.29. The van der Waals surface area contributed by atoms with Gasteiger partial charge in [-0.3, -0.25) is 4.57 Å². The number of aromatic nitrogens is 3. The molecule has 0 aliphatic heterocycles. The minimum absolute atomic E-state index is 0.0439. The molecule has 1 saturated carbocycles. The zero-order chi connectivity index (χ0) is 11.0. The SMILES string of the molecule is CC1CCC(O)CC1n1ncn(C)c1=O. The third-order valence-corrected chi connectivity index (χ3v) is 3.29. The van der Waals surface area contributed by atoms with Gasteiger partial charge in [0.15, 0.2) is 0 Å². The van der Waals surface area contributed by atoms with Crippen LogP contribution in [0.15, 0.2) is 11.1 Å². The molecule has 3 atom stereocenters. The van der Waals surface area contributed by atoms with E-state index in [1.54, 1.807) is 7.05 Å². The molecule has 1 aliphatic carbocycles. The molecule has 5 heteroatoms. The van der Waals surface area contributed by atoms with Gasteiger partial charge in [-0.05, 0) is 25.2 Å². The first kappa shape index (κ1) is 10.4. The van der Waals surface area contributed by atoms with Crippen molar-refractivity contribution in [2.45, 2.75) is 38.3 Å². The van der Waals surface area contributed by atoms with E-state index in [9.17, 15) is 9.90 Å². The van der Waals surface area contributed by atoms with Gasteiger partial charge in [0, 0.05) is 7.05 Å². The van der Waals surface area contributed by atoms with Gasteiger partial charge in [-0.25, -0.2) is 9.48 Å². The predicted molar refractivity (Wildman–Crippen MR) is 55.5 cm³/mol. The molecule has 15 heavy (non-hydrogen) atoms. The van der Waals surface area contributed by atoms with E-state index in [0.29, 0.717) is 12.3 Å². The monoisotopic (exact) mass is 211 g/mol. The number of hydrogen-bond acceptors (Lipinski definition) is 3. The van der Waals surface area contributed by atoms with Gasteiger partial charge in [-0.1, -0.05) is 6.92 Å². The molecule has 2 rings (SSSR count). The average Bonchev–Trinajstić information content (AvgIpc) is 2.52. The molecular weight excluding hydrogens is 194 g/mol. The Bertz CT molecular complexity index is 396. The van der Waals surface area contributed by atoms with Crippen LogP contribution in [0.3, 0.4) is 0 Å². The fraction of sp³-hybridized carbons (Fsp3) is 0.800. The Hall–Kier alpha value is -1.10. The van der Waals surface area contributed by atoms with Crippen LogP contribution >= 0.6 is 0 Å². The number of aliphatic hydroxyl groups excluding tert-OH is 1. The van der Waals surface area contributed by atoms with Crippen LogP contribution in [-0.2, 0) is 7.05 Å². The van der Waals surface area contributed by atoms with E-state index in [4.69, 9.17) is 0 Å². The summed E-state index contributed by atoms with van der Waals surface area (Å²) in [5, 5.41) is 13.7. The number of aryl methyl sites for hydroxylation is 1. The lowest BCUT2D eigenvalue weighted by molar-refractivity contribution is 0.0720. The largest absolute Gasteiger partial charge is 0.393 e. The second-order valence-electron chi connectivity index (χ2n) is 4.48. The molecule has 0 amide bonds. The average molecular weight is 211 g/mol. The van der Waals surface area contributed by atoms with Crippen LogP contribution in [0.4, 0.5) is 0 Å². The van der Waals surface area contributed by atoms with Crippen molar-refractivity contribution in [3.05, 3.63) is 16.8 Å². The molecule has 0 spiro atoms. The molecule has 1 aliphatic rings. The third-order valence-electron chi connectivity index (χ3n) is 3.29. The highest BCUT2D eigenvalue weighted by molar-refractivity contribution is 4.83. The summed E-state index contributed by atoms with van der Waals surface area (Å²) in [5.74, 6) is 0.404. The molecule has 0 radical (unpaired) electrons. The normalized spacial score (nSPS) is 31.8. The maximum absolute atomic E-state index is 11.7. The van der Waals surface area contributed by atoms with Crippen LogP contribution in [0.5, 0.6) is 0 Å². The van der Waals surface area contributed by atoms with Gasteiger partial charge in [-0.15, -0.1) is 0 Å². The Morgan fingerprint density at radius 1 is 1.53 bits per heavy atom. The molecule has 1 aromatic heterocycles. The standard InChI is InChI=1S/C10H17N3O2/c1-7-3-4-8(14)5-9(7)13-10(15)12(2)6-11-13/h6-9,14H,3-5H2,1-2H3. The number of hydrogen-bond donors (Lipinski definition) is 1. The first-order valence-electron chi connectivity index (χ1n) is 5.38. The van der Waals surface area contributed by atoms with Crippen LogP contribution < -0.4 is 5.69 Å². The highest BCUT2D eigenvalue weighted by Gasteiger charge is 2.29. The molecule has 0 saturated heterocycles. The Morgan fingerprint density at radius 2 is 2.27 bits per heavy atom. The van der Waals surface area contributed by atoms with Crippen LogP contribution in [0, 0.1) is 5.92 Å². The maximum atomic E-state index is 11.7. The maximum Gasteiger partial charge on any atom is 0.345 e. The minimum atomic E-state index is -0.292. The highest BCUT2D eigenvalue weighted by Crippen LogP contribution is 2.32. The van der Waals surface area contributed by atoms with E-state index >= 15 is 0 Å². The Kier molecular flexibility index (Phi) is 2.65. The Morgan fingerprint density at radius 3 is 2.87 bits per heavy atom. The van der Waals surface area contributed by atoms with Gasteiger partial charge >= 0.3 is 5.69 Å². The first-order chi connectivity index (χ1) is 7.09. The highest BCUT2D eigenvalue weighted by atomic mass is 16.3. The van der Waals surface area contributed by atoms with Crippen LogP contribution in [0.1, 0.15) is 32.2 Å². The molecular formula is C10H17N3O2. The molecule has 1 heterocycles. The van der Waals surface area contributed by atoms with Gasteiger partial charge in [-0.2, -0.15) is 5.10 Å². The molecule has 1 N–H and O–H groups in total. The molecule has 0 bridgehead atoms. The molecule has 84 valence electrons. The van der Waals surface area contributed by atoms with E-state index in [1.165, 1.54) is 15.6 Å². The summed E-state index contributed by atoms with van der Waals surface area (Å²) in [7, 11) is 1.69. The van der Waals surface area contributed by atoms with Crippen LogP contribution in [0.2, 0.25) is 0 Å². The fourth-order valence-corrected chi connectivity index (χ4v) is 2.24. The second-order valence-corrected chi connectivity index (χ2v) is 4.48. The summed E-state index contributed by atoms with van der Waals surface area (Å²) in [6.07, 6.45) is 3.66. The van der Waals surface area contributed by atoms with Gasteiger partial charge < -0.3 is 5.11 Å². The van der Waals surface area contributed by atoms with Gasteiger partial charge in [0.1, 0.15) is 6.33 Å². The smallest absolute Gasteiger partial charge is 0.345 e. The summed E-state index contributed by atoms with van der Waals surface area (Å²) < 4.78 is 2.97. The lowest BCUT2D eigenvalue weighted by Gasteiger charge is -2.31. The van der Waals surface area contributed by atoms with Crippen LogP contribution in [0.25, 0.3) is 0 Å². The molecule has 1 aromatic rings. The van der Waals surface area contributed by atoms with Crippen molar-refractivity contribution < 1.29 is 5.11 Å². The number of rotatable bonds is 1. The predicted octanol–water partition coefficient (Wildman–Crippen LogP) is 0.304. The molecule has 3 unspecified atom stereocenters. The van der Waals surface area contributed by atoms with Crippen LogP contribution in [-0.4, -0.2) is 25.6 Å². The van der Waals surface area contributed by atoms with Crippen molar-refractivity contribution in [1.29, 1.82) is 0 Å². The minimum Gasteiger partial charge on any atom is -0.393 e. The zero-order valence-corrected chi connectivity index (χ0v) is 9.13. The summed E-state index contributed by atoms with van der Waals surface area (Å²) in [6, 6.07) is 0.0439. The topological polar surface area (TPSA) is 60.0 Å². The third kappa shape index (κ3) is 1.84. The van der Waals surface area contributed by atoms with Crippen molar-refractivity contribution in [1.82, 2.24) is 14.3 Å². The zero-order valence-electron chi connectivity index (χ0n) is 9.13. The fourth-order valence-electron chi connectivity index (χ4n) is 2.24. The molecule has 0 aromatic carbocycles. The Labute approximate surface area is 88.3 Å². The van der Waals surface area contributed by atoms with Crippen molar-refractivity contribution in [3.63, 3.8) is 0 Å². The first-order valence-corrected chi connectivity index (χ1v) is 5.38.